The number of amides is 1. The fraction of sp³-hybridized carbons (Fsp3) is 0.867. The standard InChI is InChI=1S/C15H27N3O/c1-5-17(8-14(4)7-16)11-15(19)18-9-12(2)6-13(3)10-18/h12-14H,5-6,8-11H2,1-4H3. The van der Waals surface area contributed by atoms with E-state index in [9.17, 15) is 4.79 Å². The van der Waals surface area contributed by atoms with Crippen molar-refractivity contribution >= 4 is 5.91 Å². The first-order valence-electron chi connectivity index (χ1n) is 7.36. The summed E-state index contributed by atoms with van der Waals surface area (Å²) in [6.45, 7) is 12.1. The Morgan fingerprint density at radius 1 is 1.42 bits per heavy atom. The molecule has 1 aliphatic rings. The number of likely N-dealkylation sites (N-methyl/N-ethyl adjacent to an activating group) is 1. The Bertz CT molecular complexity index is 327. The molecule has 0 aliphatic carbocycles. The number of hydrogen-bond acceptors (Lipinski definition) is 3. The predicted octanol–water partition coefficient (Wildman–Crippen LogP) is 1.97. The van der Waals surface area contributed by atoms with Gasteiger partial charge in [-0.05, 0) is 31.7 Å². The van der Waals surface area contributed by atoms with Crippen LogP contribution in [0, 0.1) is 29.1 Å². The smallest absolute Gasteiger partial charge is 0.236 e. The zero-order valence-electron chi connectivity index (χ0n) is 12.7. The van der Waals surface area contributed by atoms with Gasteiger partial charge in [-0.15, -0.1) is 0 Å². The molecule has 0 aromatic heterocycles. The number of nitriles is 1. The van der Waals surface area contributed by atoms with Gasteiger partial charge in [0.1, 0.15) is 0 Å². The maximum absolute atomic E-state index is 12.3. The number of likely N-dealkylation sites (tertiary alicyclic amines) is 1. The number of rotatable bonds is 5. The first kappa shape index (κ1) is 16.0. The first-order chi connectivity index (χ1) is 8.96. The van der Waals surface area contributed by atoms with Crippen LogP contribution >= 0.6 is 0 Å². The highest BCUT2D eigenvalue weighted by Crippen LogP contribution is 2.21. The van der Waals surface area contributed by atoms with E-state index >= 15 is 0 Å². The quantitative estimate of drug-likeness (QED) is 0.763. The van der Waals surface area contributed by atoms with Crippen molar-refractivity contribution < 1.29 is 4.79 Å². The molecule has 4 nitrogen and oxygen atoms in total. The highest BCUT2D eigenvalue weighted by molar-refractivity contribution is 5.78. The van der Waals surface area contributed by atoms with Gasteiger partial charge in [-0.3, -0.25) is 9.69 Å². The molecule has 4 heteroatoms. The van der Waals surface area contributed by atoms with Crippen LogP contribution in [0.3, 0.4) is 0 Å². The molecule has 1 saturated heterocycles. The van der Waals surface area contributed by atoms with Crippen molar-refractivity contribution in [1.82, 2.24) is 9.80 Å². The fourth-order valence-electron chi connectivity index (χ4n) is 2.89. The highest BCUT2D eigenvalue weighted by Gasteiger charge is 2.26. The summed E-state index contributed by atoms with van der Waals surface area (Å²) in [6, 6.07) is 2.23. The number of carbonyl (C=O) groups is 1. The molecule has 3 unspecified atom stereocenters. The lowest BCUT2D eigenvalue weighted by Crippen LogP contribution is -2.47. The third-order valence-electron chi connectivity index (χ3n) is 3.78. The molecule has 1 amide bonds. The van der Waals surface area contributed by atoms with Gasteiger partial charge in [0.2, 0.25) is 5.91 Å². The minimum absolute atomic E-state index is 0.0213. The fourth-order valence-corrected chi connectivity index (χ4v) is 2.89. The summed E-state index contributed by atoms with van der Waals surface area (Å²) < 4.78 is 0. The van der Waals surface area contributed by atoms with E-state index in [-0.39, 0.29) is 11.8 Å². The van der Waals surface area contributed by atoms with Crippen molar-refractivity contribution in [3.05, 3.63) is 0 Å². The van der Waals surface area contributed by atoms with Gasteiger partial charge in [0.25, 0.3) is 0 Å². The first-order valence-corrected chi connectivity index (χ1v) is 7.36. The summed E-state index contributed by atoms with van der Waals surface area (Å²) in [6.07, 6.45) is 1.22. The predicted molar refractivity (Wildman–Crippen MR) is 76.4 cm³/mol. The topological polar surface area (TPSA) is 47.3 Å². The van der Waals surface area contributed by atoms with E-state index in [0.29, 0.717) is 24.9 Å². The molecule has 0 spiro atoms. The molecule has 19 heavy (non-hydrogen) atoms. The summed E-state index contributed by atoms with van der Waals surface area (Å²) in [5.41, 5.74) is 0. The van der Waals surface area contributed by atoms with Crippen molar-refractivity contribution in [3.63, 3.8) is 0 Å². The van der Waals surface area contributed by atoms with Crippen LogP contribution in [-0.2, 0) is 4.79 Å². The Kier molecular flexibility index (Phi) is 6.30. The van der Waals surface area contributed by atoms with E-state index in [4.69, 9.17) is 5.26 Å². The molecule has 108 valence electrons. The Morgan fingerprint density at radius 3 is 2.47 bits per heavy atom. The molecule has 0 saturated carbocycles. The van der Waals surface area contributed by atoms with Crippen LogP contribution in [0.2, 0.25) is 0 Å². The highest BCUT2D eigenvalue weighted by atomic mass is 16.2. The zero-order valence-corrected chi connectivity index (χ0v) is 12.7. The minimum Gasteiger partial charge on any atom is -0.341 e. The van der Waals surface area contributed by atoms with Crippen molar-refractivity contribution in [3.8, 4) is 6.07 Å². The van der Waals surface area contributed by atoms with E-state index in [1.807, 2.05) is 18.7 Å². The van der Waals surface area contributed by atoms with Crippen molar-refractivity contribution in [2.75, 3.05) is 32.7 Å². The van der Waals surface area contributed by atoms with Gasteiger partial charge in [-0.1, -0.05) is 20.8 Å². The van der Waals surface area contributed by atoms with E-state index in [1.165, 1.54) is 6.42 Å². The second-order valence-corrected chi connectivity index (χ2v) is 6.10. The van der Waals surface area contributed by atoms with E-state index in [1.54, 1.807) is 0 Å². The second kappa shape index (κ2) is 7.49. The van der Waals surface area contributed by atoms with E-state index in [0.717, 1.165) is 19.6 Å². The van der Waals surface area contributed by atoms with Crippen LogP contribution in [0.15, 0.2) is 0 Å². The van der Waals surface area contributed by atoms with Crippen LogP contribution < -0.4 is 0 Å². The van der Waals surface area contributed by atoms with Gasteiger partial charge >= 0.3 is 0 Å². The maximum atomic E-state index is 12.3. The molecule has 0 radical (unpaired) electrons. The largest absolute Gasteiger partial charge is 0.341 e. The summed E-state index contributed by atoms with van der Waals surface area (Å²) in [5, 5.41) is 8.86. The molecule has 0 aromatic rings. The zero-order chi connectivity index (χ0) is 14.4. The maximum Gasteiger partial charge on any atom is 0.236 e. The normalized spacial score (nSPS) is 25.2. The van der Waals surface area contributed by atoms with E-state index in [2.05, 4.69) is 24.8 Å². The molecular weight excluding hydrogens is 238 g/mol. The number of piperidine rings is 1. The summed E-state index contributed by atoms with van der Waals surface area (Å²) in [5.74, 6) is 1.39. The average Bonchev–Trinajstić information content (AvgIpc) is 2.36. The van der Waals surface area contributed by atoms with Crippen LogP contribution in [0.1, 0.15) is 34.1 Å². The lowest BCUT2D eigenvalue weighted by molar-refractivity contribution is -0.135. The average molecular weight is 265 g/mol. The van der Waals surface area contributed by atoms with Crippen molar-refractivity contribution in [2.45, 2.75) is 34.1 Å². The van der Waals surface area contributed by atoms with Crippen LogP contribution in [-0.4, -0.2) is 48.4 Å². The van der Waals surface area contributed by atoms with Crippen molar-refractivity contribution in [1.29, 1.82) is 5.26 Å². The molecular formula is C15H27N3O. The Labute approximate surface area is 117 Å². The molecule has 0 N–H and O–H groups in total. The Hall–Kier alpha value is -1.08. The second-order valence-electron chi connectivity index (χ2n) is 6.10. The lowest BCUT2D eigenvalue weighted by Gasteiger charge is -2.36. The minimum atomic E-state index is -0.0213. The van der Waals surface area contributed by atoms with Gasteiger partial charge in [0.05, 0.1) is 18.5 Å². The Morgan fingerprint density at radius 2 is 2.00 bits per heavy atom. The van der Waals surface area contributed by atoms with Crippen LogP contribution in [0.25, 0.3) is 0 Å². The van der Waals surface area contributed by atoms with Crippen LogP contribution in [0.4, 0.5) is 0 Å². The van der Waals surface area contributed by atoms with Gasteiger partial charge in [-0.2, -0.15) is 5.26 Å². The van der Waals surface area contributed by atoms with Gasteiger partial charge in [0.15, 0.2) is 0 Å². The number of hydrogen-bond donors (Lipinski definition) is 0. The molecule has 1 fully saturated rings. The van der Waals surface area contributed by atoms with Gasteiger partial charge < -0.3 is 4.90 Å². The molecule has 1 rings (SSSR count). The molecule has 1 heterocycles. The third-order valence-corrected chi connectivity index (χ3v) is 3.78. The summed E-state index contributed by atoms with van der Waals surface area (Å²) in [7, 11) is 0. The number of nitrogens with zero attached hydrogens (tertiary/aromatic N) is 3. The Balaban J connectivity index is 2.50. The number of carbonyl (C=O) groups excluding carboxylic acids is 1. The molecule has 1 aliphatic heterocycles. The van der Waals surface area contributed by atoms with Crippen molar-refractivity contribution in [2.24, 2.45) is 17.8 Å². The monoisotopic (exact) mass is 265 g/mol. The molecule has 0 aromatic carbocycles. The van der Waals surface area contributed by atoms with E-state index < -0.39 is 0 Å². The molecule has 0 bridgehead atoms. The van der Waals surface area contributed by atoms with Gasteiger partial charge in [-0.25, -0.2) is 0 Å². The van der Waals surface area contributed by atoms with Crippen LogP contribution in [0.5, 0.6) is 0 Å². The van der Waals surface area contributed by atoms with Gasteiger partial charge in [0, 0.05) is 19.6 Å². The SMILES string of the molecule is CCN(CC(=O)N1CC(C)CC(C)C1)CC(C)C#N. The molecule has 3 atom stereocenters. The lowest BCUT2D eigenvalue weighted by atomic mass is 9.92. The third kappa shape index (κ3) is 5.20. The summed E-state index contributed by atoms with van der Waals surface area (Å²) in [4.78, 5) is 16.4. The summed E-state index contributed by atoms with van der Waals surface area (Å²) >= 11 is 0.